The molecule has 0 saturated carbocycles. The van der Waals surface area contributed by atoms with Crippen molar-refractivity contribution in [1.82, 2.24) is 0 Å². The van der Waals surface area contributed by atoms with Crippen molar-refractivity contribution < 1.29 is 45.0 Å². The lowest BCUT2D eigenvalue weighted by Crippen LogP contribution is -2.31. The highest BCUT2D eigenvalue weighted by Gasteiger charge is 2.07. The molecule has 0 aromatic heterocycles. The van der Waals surface area contributed by atoms with Crippen LogP contribution in [0, 0.1) is 0 Å². The van der Waals surface area contributed by atoms with Crippen molar-refractivity contribution in [2.75, 3.05) is 30.5 Å². The van der Waals surface area contributed by atoms with Crippen molar-refractivity contribution in [2.24, 2.45) is 17.2 Å². The zero-order valence-corrected chi connectivity index (χ0v) is 17.0. The number of carboxylic acids is 3. The lowest BCUT2D eigenvalue weighted by molar-refractivity contribution is -0.138. The van der Waals surface area contributed by atoms with Crippen LogP contribution in [0.2, 0.25) is 0 Å². The van der Waals surface area contributed by atoms with Gasteiger partial charge in [-0.15, -0.1) is 0 Å². The zero-order chi connectivity index (χ0) is 22.6. The van der Waals surface area contributed by atoms with E-state index in [1.807, 2.05) is 0 Å². The summed E-state index contributed by atoms with van der Waals surface area (Å²) < 4.78 is 0. The van der Waals surface area contributed by atoms with Gasteiger partial charge in [-0.05, 0) is 0 Å². The van der Waals surface area contributed by atoms with Crippen LogP contribution in [0.3, 0.4) is 0 Å². The summed E-state index contributed by atoms with van der Waals surface area (Å²) in [7, 11) is 0. The van der Waals surface area contributed by atoms with E-state index in [2.05, 4.69) is 37.9 Å². The maximum Gasteiger partial charge on any atom is 0.321 e. The molecule has 0 unspecified atom stereocenters. The van der Waals surface area contributed by atoms with Crippen molar-refractivity contribution in [3.63, 3.8) is 0 Å². The SMILES string of the molecule is N[C@@H](CS)C(=O)O.N[C@@H](CS)C(=O)O.N[C@@H](CS)C(=O)O.OCC(O)CO. The summed E-state index contributed by atoms with van der Waals surface area (Å²) in [5.41, 5.74) is 14.8. The Morgan fingerprint density at radius 1 is 0.667 bits per heavy atom. The van der Waals surface area contributed by atoms with E-state index in [4.69, 9.17) is 47.8 Å². The van der Waals surface area contributed by atoms with Crippen LogP contribution in [-0.4, -0.2) is 103 Å². The molecule has 0 fully saturated rings. The molecule has 0 spiro atoms. The first-order valence-corrected chi connectivity index (χ1v) is 8.93. The molecular formula is C12H29N3O9S3. The van der Waals surface area contributed by atoms with Crippen molar-refractivity contribution in [1.29, 1.82) is 0 Å². The van der Waals surface area contributed by atoms with E-state index in [1.54, 1.807) is 0 Å². The van der Waals surface area contributed by atoms with Gasteiger partial charge in [0.1, 0.15) is 24.2 Å². The average Bonchev–Trinajstić information content (AvgIpc) is 2.66. The number of carboxylic acid groups (broad SMARTS) is 3. The van der Waals surface area contributed by atoms with Crippen LogP contribution in [-0.2, 0) is 14.4 Å². The van der Waals surface area contributed by atoms with Crippen LogP contribution in [0.4, 0.5) is 0 Å². The minimum absolute atomic E-state index is 0.190. The van der Waals surface area contributed by atoms with Crippen LogP contribution >= 0.6 is 37.9 Å². The van der Waals surface area contributed by atoms with E-state index in [0.29, 0.717) is 0 Å². The van der Waals surface area contributed by atoms with Crippen LogP contribution in [0.1, 0.15) is 0 Å². The monoisotopic (exact) mass is 455 g/mol. The molecule has 0 aliphatic carbocycles. The molecule has 0 aromatic rings. The van der Waals surface area contributed by atoms with Gasteiger partial charge in [0.2, 0.25) is 0 Å². The lowest BCUT2D eigenvalue weighted by Gasteiger charge is -1.96. The second kappa shape index (κ2) is 23.3. The van der Waals surface area contributed by atoms with Gasteiger partial charge in [-0.1, -0.05) is 0 Å². The molecule has 15 heteroatoms. The molecule has 0 heterocycles. The summed E-state index contributed by atoms with van der Waals surface area (Å²) in [5.74, 6) is -2.44. The minimum Gasteiger partial charge on any atom is -0.480 e. The second-order valence-corrected chi connectivity index (χ2v) is 5.50. The van der Waals surface area contributed by atoms with Gasteiger partial charge in [0.05, 0.1) is 13.2 Å². The third-order valence-corrected chi connectivity index (χ3v) is 3.14. The summed E-state index contributed by atoms with van der Waals surface area (Å²) in [6.07, 6.45) is -0.954. The molecule has 0 aliphatic rings. The van der Waals surface area contributed by atoms with Crippen molar-refractivity contribution in [3.8, 4) is 0 Å². The normalized spacial score (nSPS) is 12.7. The van der Waals surface area contributed by atoms with Gasteiger partial charge >= 0.3 is 17.9 Å². The first-order valence-electron chi connectivity index (χ1n) is 7.03. The number of aliphatic carboxylic acids is 3. The van der Waals surface area contributed by atoms with Gasteiger partial charge < -0.3 is 47.8 Å². The van der Waals surface area contributed by atoms with E-state index in [9.17, 15) is 14.4 Å². The van der Waals surface area contributed by atoms with Gasteiger partial charge in [-0.3, -0.25) is 14.4 Å². The maximum atomic E-state index is 9.76. The number of thiol groups is 3. The summed E-state index contributed by atoms with van der Waals surface area (Å²) in [6.45, 7) is -0.729. The predicted octanol–water partition coefficient (Wildman–Crippen LogP) is -3.68. The van der Waals surface area contributed by atoms with Gasteiger partial charge in [0.25, 0.3) is 0 Å². The average molecular weight is 456 g/mol. The van der Waals surface area contributed by atoms with Gasteiger partial charge in [-0.2, -0.15) is 37.9 Å². The molecule has 3 atom stereocenters. The Morgan fingerprint density at radius 2 is 0.852 bits per heavy atom. The Balaban J connectivity index is -0.000000131. The highest BCUT2D eigenvalue weighted by atomic mass is 32.1. The van der Waals surface area contributed by atoms with Gasteiger partial charge in [0, 0.05) is 17.3 Å². The van der Waals surface area contributed by atoms with Crippen LogP contribution in [0.5, 0.6) is 0 Å². The molecular weight excluding hydrogens is 426 g/mol. The third-order valence-electron chi connectivity index (χ3n) is 1.96. The highest BCUT2D eigenvalue weighted by molar-refractivity contribution is 7.80. The molecule has 0 saturated heterocycles. The lowest BCUT2D eigenvalue weighted by atomic mass is 10.4. The van der Waals surface area contributed by atoms with Gasteiger partial charge in [0.15, 0.2) is 0 Å². The Hall–Kier alpha value is -0.780. The van der Waals surface area contributed by atoms with Crippen molar-refractivity contribution >= 4 is 55.8 Å². The molecule has 12 N–H and O–H groups in total. The summed E-state index contributed by atoms with van der Waals surface area (Å²) in [5, 5.41) is 48.0. The molecule has 0 amide bonds. The largest absolute Gasteiger partial charge is 0.480 e. The quantitative estimate of drug-likeness (QED) is 0.158. The fourth-order valence-electron chi connectivity index (χ4n) is 0.292. The molecule has 12 nitrogen and oxygen atoms in total. The third kappa shape index (κ3) is 30.2. The second-order valence-electron chi connectivity index (χ2n) is 4.40. The van der Waals surface area contributed by atoms with E-state index in [0.717, 1.165) is 0 Å². The topological polar surface area (TPSA) is 251 Å². The number of aliphatic hydroxyl groups is 3. The summed E-state index contributed by atoms with van der Waals surface area (Å²) in [4.78, 5) is 29.3. The molecule has 27 heavy (non-hydrogen) atoms. The van der Waals surface area contributed by atoms with E-state index in [-0.39, 0.29) is 30.5 Å². The molecule has 0 bridgehead atoms. The molecule has 0 radical (unpaired) electrons. The number of aliphatic hydroxyl groups excluding tert-OH is 3. The van der Waals surface area contributed by atoms with E-state index in [1.165, 1.54) is 0 Å². The van der Waals surface area contributed by atoms with Crippen LogP contribution in [0.15, 0.2) is 0 Å². The smallest absolute Gasteiger partial charge is 0.321 e. The Morgan fingerprint density at radius 3 is 0.852 bits per heavy atom. The maximum absolute atomic E-state index is 9.76. The van der Waals surface area contributed by atoms with E-state index < -0.39 is 42.1 Å². The number of hydrogen-bond donors (Lipinski definition) is 12. The Bertz CT molecular complexity index is 343. The van der Waals surface area contributed by atoms with Crippen LogP contribution in [0.25, 0.3) is 0 Å². The summed E-state index contributed by atoms with van der Waals surface area (Å²) in [6, 6.07) is -2.45. The highest BCUT2D eigenvalue weighted by Crippen LogP contribution is 1.81. The number of carbonyl (C=O) groups is 3. The standard InChI is InChI=1S/3C3H7NO2S.C3H8O3/c3*4-2(1-7)3(5)6;4-1-3(6)2-5/h3*2,7H,1,4H2,(H,5,6);3-6H,1-2H2/t3*2-;/m000./s1. The first-order chi connectivity index (χ1) is 12.4. The molecule has 0 rings (SSSR count). The van der Waals surface area contributed by atoms with Crippen LogP contribution < -0.4 is 17.2 Å². The first kappa shape index (κ1) is 33.8. The molecule has 164 valence electrons. The fourth-order valence-corrected chi connectivity index (χ4v) is 0.761. The molecule has 0 aromatic carbocycles. The summed E-state index contributed by atoms with van der Waals surface area (Å²) >= 11 is 10.9. The minimum atomic E-state index is -1.00. The Labute approximate surface area is 173 Å². The predicted molar refractivity (Wildman–Crippen MR) is 109 cm³/mol. The number of hydrogen-bond acceptors (Lipinski definition) is 12. The van der Waals surface area contributed by atoms with Crippen molar-refractivity contribution in [3.05, 3.63) is 0 Å². The number of nitrogens with two attached hydrogens (primary N) is 3. The Kier molecular flexibility index (Phi) is 29.1. The molecule has 0 aliphatic heterocycles. The van der Waals surface area contributed by atoms with E-state index >= 15 is 0 Å². The number of rotatable bonds is 8. The van der Waals surface area contributed by atoms with Gasteiger partial charge in [-0.25, -0.2) is 0 Å². The fraction of sp³-hybridized carbons (Fsp3) is 0.750. The van der Waals surface area contributed by atoms with Crippen molar-refractivity contribution in [2.45, 2.75) is 24.2 Å². The zero-order valence-electron chi connectivity index (χ0n) is 14.3.